The van der Waals surface area contributed by atoms with E-state index in [-0.39, 0.29) is 11.8 Å². The van der Waals surface area contributed by atoms with Crippen LogP contribution in [0.5, 0.6) is 5.75 Å². The third-order valence-electron chi connectivity index (χ3n) is 3.41. The van der Waals surface area contributed by atoms with E-state index in [0.29, 0.717) is 19.6 Å². The molecule has 0 unspecified atom stereocenters. The van der Waals surface area contributed by atoms with E-state index in [4.69, 9.17) is 4.74 Å². The minimum Gasteiger partial charge on any atom is -0.497 e. The largest absolute Gasteiger partial charge is 0.497 e. The smallest absolute Gasteiger partial charge is 0.222 e. The Bertz CT molecular complexity index is 512. The van der Waals surface area contributed by atoms with Crippen molar-refractivity contribution in [2.24, 2.45) is 10.9 Å². The number of carbonyl (C=O) groups is 1. The lowest BCUT2D eigenvalue weighted by molar-refractivity contribution is -0.123. The van der Waals surface area contributed by atoms with Crippen LogP contribution in [0.3, 0.4) is 0 Å². The molecule has 0 aromatic heterocycles. The van der Waals surface area contributed by atoms with Gasteiger partial charge in [-0.15, -0.1) is 0 Å². The van der Waals surface area contributed by atoms with Gasteiger partial charge in [-0.25, -0.2) is 0 Å². The summed E-state index contributed by atoms with van der Waals surface area (Å²) in [5.41, 5.74) is 1.22. The van der Waals surface area contributed by atoms with Gasteiger partial charge in [0.25, 0.3) is 0 Å². The first-order valence-electron chi connectivity index (χ1n) is 8.49. The number of hydrogen-bond donors (Lipinski definition) is 3. The van der Waals surface area contributed by atoms with Gasteiger partial charge in [0.05, 0.1) is 7.11 Å². The monoisotopic (exact) mass is 334 g/mol. The molecular weight excluding hydrogens is 304 g/mol. The third-order valence-corrected chi connectivity index (χ3v) is 3.41. The van der Waals surface area contributed by atoms with Gasteiger partial charge in [0, 0.05) is 32.1 Å². The molecule has 6 heteroatoms. The molecule has 0 bridgehead atoms. The number of rotatable bonds is 9. The van der Waals surface area contributed by atoms with E-state index < -0.39 is 0 Å². The molecule has 6 nitrogen and oxygen atoms in total. The summed E-state index contributed by atoms with van der Waals surface area (Å²) in [5.74, 6) is 1.71. The molecule has 1 aromatic rings. The summed E-state index contributed by atoms with van der Waals surface area (Å²) in [5, 5.41) is 9.30. The molecule has 3 N–H and O–H groups in total. The Kier molecular flexibility index (Phi) is 9.34. The number of aliphatic imine (C=N–C) groups is 1. The topological polar surface area (TPSA) is 74.8 Å². The predicted octanol–water partition coefficient (Wildman–Crippen LogP) is 1.56. The molecule has 0 atom stereocenters. The van der Waals surface area contributed by atoms with E-state index in [1.807, 2.05) is 32.9 Å². The third kappa shape index (κ3) is 7.85. The second-order valence-electron chi connectivity index (χ2n) is 5.73. The summed E-state index contributed by atoms with van der Waals surface area (Å²) in [7, 11) is 1.66. The number of carbonyl (C=O) groups excluding carboxylic acids is 1. The molecule has 0 saturated carbocycles. The molecule has 0 radical (unpaired) electrons. The molecule has 1 aromatic carbocycles. The number of nitrogens with one attached hydrogen (secondary N) is 3. The van der Waals surface area contributed by atoms with E-state index in [0.717, 1.165) is 24.7 Å². The van der Waals surface area contributed by atoms with Crippen molar-refractivity contribution in [3.05, 3.63) is 29.8 Å². The molecule has 0 aliphatic carbocycles. The second kappa shape index (κ2) is 11.3. The lowest BCUT2D eigenvalue weighted by Crippen LogP contribution is -2.42. The maximum Gasteiger partial charge on any atom is 0.222 e. The van der Waals surface area contributed by atoms with E-state index in [1.54, 1.807) is 7.11 Å². The maximum atomic E-state index is 11.5. The van der Waals surface area contributed by atoms with Crippen LogP contribution in [0.25, 0.3) is 0 Å². The molecule has 24 heavy (non-hydrogen) atoms. The van der Waals surface area contributed by atoms with E-state index in [1.165, 1.54) is 5.56 Å². The van der Waals surface area contributed by atoms with E-state index in [2.05, 4.69) is 33.1 Å². The fraction of sp³-hybridized carbons (Fsp3) is 0.556. The van der Waals surface area contributed by atoms with Crippen LogP contribution in [0.15, 0.2) is 29.3 Å². The number of hydrogen-bond acceptors (Lipinski definition) is 3. The zero-order valence-corrected chi connectivity index (χ0v) is 15.2. The van der Waals surface area contributed by atoms with Gasteiger partial charge in [-0.2, -0.15) is 0 Å². The first kappa shape index (κ1) is 19.8. The second-order valence-corrected chi connectivity index (χ2v) is 5.73. The minimum absolute atomic E-state index is 0.0106. The van der Waals surface area contributed by atoms with Crippen LogP contribution in [0.1, 0.15) is 26.3 Å². The first-order valence-corrected chi connectivity index (χ1v) is 8.49. The Balaban J connectivity index is 2.36. The van der Waals surface area contributed by atoms with Gasteiger partial charge >= 0.3 is 0 Å². The van der Waals surface area contributed by atoms with Crippen LogP contribution in [-0.4, -0.2) is 45.2 Å². The Morgan fingerprint density at radius 3 is 2.38 bits per heavy atom. The molecule has 0 saturated heterocycles. The summed E-state index contributed by atoms with van der Waals surface area (Å²) in [6, 6.07) is 8.02. The maximum absolute atomic E-state index is 11.5. The van der Waals surface area contributed by atoms with Crippen LogP contribution in [0.2, 0.25) is 0 Å². The molecule has 0 aliphatic heterocycles. The average molecular weight is 334 g/mol. The van der Waals surface area contributed by atoms with Crippen LogP contribution in [0, 0.1) is 5.92 Å². The van der Waals surface area contributed by atoms with Gasteiger partial charge in [-0.1, -0.05) is 26.0 Å². The van der Waals surface area contributed by atoms with Crippen molar-refractivity contribution >= 4 is 11.9 Å². The molecular formula is C18H30N4O2. The zero-order chi connectivity index (χ0) is 17.8. The van der Waals surface area contributed by atoms with Crippen molar-refractivity contribution in [1.82, 2.24) is 16.0 Å². The Hall–Kier alpha value is -2.24. The molecule has 134 valence electrons. The van der Waals surface area contributed by atoms with Gasteiger partial charge in [0.2, 0.25) is 5.91 Å². The molecule has 1 rings (SSSR count). The highest BCUT2D eigenvalue weighted by Crippen LogP contribution is 2.11. The number of nitrogens with zero attached hydrogens (tertiary/aromatic N) is 1. The fourth-order valence-electron chi connectivity index (χ4n) is 2.00. The molecule has 0 aliphatic rings. The predicted molar refractivity (Wildman–Crippen MR) is 98.5 cm³/mol. The number of methoxy groups -OCH3 is 1. The number of guanidine groups is 1. The lowest BCUT2D eigenvalue weighted by atomic mass is 10.1. The molecule has 0 fully saturated rings. The van der Waals surface area contributed by atoms with Crippen molar-refractivity contribution in [3.63, 3.8) is 0 Å². The van der Waals surface area contributed by atoms with E-state index in [9.17, 15) is 4.79 Å². The van der Waals surface area contributed by atoms with Crippen molar-refractivity contribution in [2.75, 3.05) is 33.3 Å². The average Bonchev–Trinajstić information content (AvgIpc) is 2.58. The quantitative estimate of drug-likeness (QED) is 0.364. The number of benzene rings is 1. The molecule has 0 spiro atoms. The van der Waals surface area contributed by atoms with Gasteiger partial charge in [0.1, 0.15) is 5.75 Å². The summed E-state index contributed by atoms with van der Waals surface area (Å²) >= 11 is 0. The molecule has 1 amide bonds. The minimum atomic E-state index is 0.0106. The van der Waals surface area contributed by atoms with Gasteiger partial charge in [-0.3, -0.25) is 9.79 Å². The summed E-state index contributed by atoms with van der Waals surface area (Å²) in [4.78, 5) is 16.0. The van der Waals surface area contributed by atoms with Crippen molar-refractivity contribution in [1.29, 1.82) is 0 Å². The van der Waals surface area contributed by atoms with Crippen LogP contribution < -0.4 is 20.7 Å². The van der Waals surface area contributed by atoms with Crippen LogP contribution in [-0.2, 0) is 11.2 Å². The number of amides is 1. The standard InChI is InChI=1S/C18H30N4O2/c1-5-19-18(22-13-12-20-17(23)14(2)3)21-11-10-15-6-8-16(24-4)9-7-15/h6-9,14H,5,10-13H2,1-4H3,(H,20,23)(H2,19,21,22). The Labute approximate surface area is 145 Å². The van der Waals surface area contributed by atoms with Gasteiger partial charge < -0.3 is 20.7 Å². The first-order chi connectivity index (χ1) is 11.6. The highest BCUT2D eigenvalue weighted by atomic mass is 16.5. The highest BCUT2D eigenvalue weighted by Gasteiger charge is 2.05. The number of ether oxygens (including phenoxy) is 1. The SMILES string of the molecule is CCNC(=NCCc1ccc(OC)cc1)NCCNC(=O)C(C)C. The van der Waals surface area contributed by atoms with Gasteiger partial charge in [-0.05, 0) is 31.0 Å². The highest BCUT2D eigenvalue weighted by molar-refractivity contribution is 5.80. The normalized spacial score (nSPS) is 11.3. The summed E-state index contributed by atoms with van der Waals surface area (Å²) < 4.78 is 5.15. The van der Waals surface area contributed by atoms with E-state index >= 15 is 0 Å². The van der Waals surface area contributed by atoms with Crippen molar-refractivity contribution in [3.8, 4) is 5.75 Å². The van der Waals surface area contributed by atoms with Crippen molar-refractivity contribution < 1.29 is 9.53 Å². The Morgan fingerprint density at radius 2 is 1.79 bits per heavy atom. The van der Waals surface area contributed by atoms with Crippen molar-refractivity contribution in [2.45, 2.75) is 27.2 Å². The fourth-order valence-corrected chi connectivity index (χ4v) is 2.00. The zero-order valence-electron chi connectivity index (χ0n) is 15.2. The molecule has 0 heterocycles. The van der Waals surface area contributed by atoms with Crippen LogP contribution in [0.4, 0.5) is 0 Å². The summed E-state index contributed by atoms with van der Waals surface area (Å²) in [6.07, 6.45) is 0.866. The van der Waals surface area contributed by atoms with Gasteiger partial charge in [0.15, 0.2) is 5.96 Å². The van der Waals surface area contributed by atoms with Crippen LogP contribution >= 0.6 is 0 Å². The summed E-state index contributed by atoms with van der Waals surface area (Å²) in [6.45, 7) is 8.52. The Morgan fingerprint density at radius 1 is 1.12 bits per heavy atom. The lowest BCUT2D eigenvalue weighted by Gasteiger charge is -2.12.